The molecule has 1 aliphatic rings. The molecule has 2 amide bonds. The van der Waals surface area contributed by atoms with Crippen molar-refractivity contribution in [3.8, 4) is 5.75 Å². The number of likely N-dealkylation sites (tertiary alicyclic amines) is 1. The van der Waals surface area contributed by atoms with Gasteiger partial charge in [0.25, 0.3) is 0 Å². The van der Waals surface area contributed by atoms with E-state index in [4.69, 9.17) is 10.5 Å². The van der Waals surface area contributed by atoms with Crippen LogP contribution in [0.25, 0.3) is 0 Å². The maximum absolute atomic E-state index is 12.6. The average molecular weight is 479 g/mol. The lowest BCUT2D eigenvalue weighted by molar-refractivity contribution is -0.129. The van der Waals surface area contributed by atoms with Gasteiger partial charge in [-0.15, -0.1) is 0 Å². The van der Waals surface area contributed by atoms with Crippen molar-refractivity contribution >= 4 is 17.5 Å². The van der Waals surface area contributed by atoms with Crippen LogP contribution in [0.1, 0.15) is 52.0 Å². The number of carbonyl (C=O) groups is 2. The topological polar surface area (TPSA) is 75.9 Å². The van der Waals surface area contributed by atoms with E-state index in [1.165, 1.54) is 5.69 Å². The second-order valence-electron chi connectivity index (χ2n) is 9.94. The molecule has 0 spiro atoms. The number of primary amides is 1. The van der Waals surface area contributed by atoms with Gasteiger partial charge in [0, 0.05) is 37.3 Å². The molecule has 2 N–H and O–H groups in total. The molecule has 0 saturated carbocycles. The molecule has 6 heteroatoms. The van der Waals surface area contributed by atoms with Crippen molar-refractivity contribution in [1.29, 1.82) is 0 Å². The number of anilines is 1. The average Bonchev–Trinajstić information content (AvgIpc) is 2.87. The highest BCUT2D eigenvalue weighted by Gasteiger charge is 2.27. The molecule has 2 aromatic rings. The fourth-order valence-corrected chi connectivity index (χ4v) is 4.32. The van der Waals surface area contributed by atoms with Crippen LogP contribution in [-0.2, 0) is 16.2 Å². The molecular formula is C29H40N3O3. The highest BCUT2D eigenvalue weighted by molar-refractivity contribution is 5.86. The van der Waals surface area contributed by atoms with Crippen LogP contribution in [0.3, 0.4) is 0 Å². The first kappa shape index (κ1) is 26.6. The Hall–Kier alpha value is -3.02. The fourth-order valence-electron chi connectivity index (χ4n) is 4.32. The summed E-state index contributed by atoms with van der Waals surface area (Å²) in [6.45, 7) is 9.25. The van der Waals surface area contributed by atoms with Crippen molar-refractivity contribution < 1.29 is 14.3 Å². The van der Waals surface area contributed by atoms with Crippen LogP contribution >= 0.6 is 0 Å². The summed E-state index contributed by atoms with van der Waals surface area (Å²) in [5.41, 5.74) is 7.66. The molecular weight excluding hydrogens is 438 g/mol. The number of hydrogen-bond acceptors (Lipinski definition) is 4. The number of hydrogen-bond donors (Lipinski definition) is 1. The van der Waals surface area contributed by atoms with Gasteiger partial charge in [-0.05, 0) is 61.4 Å². The molecule has 1 unspecified atom stereocenters. The Morgan fingerprint density at radius 2 is 1.71 bits per heavy atom. The first-order valence-electron chi connectivity index (χ1n) is 12.8. The zero-order chi connectivity index (χ0) is 25.2. The first-order valence-corrected chi connectivity index (χ1v) is 12.8. The molecule has 1 saturated heterocycles. The summed E-state index contributed by atoms with van der Waals surface area (Å²) in [4.78, 5) is 28.2. The van der Waals surface area contributed by atoms with Gasteiger partial charge in [-0.1, -0.05) is 51.1 Å². The number of benzene rings is 2. The molecule has 1 heterocycles. The Balaban J connectivity index is 1.57. The zero-order valence-corrected chi connectivity index (χ0v) is 21.4. The molecule has 2 aromatic carbocycles. The maximum atomic E-state index is 12.6. The van der Waals surface area contributed by atoms with Crippen LogP contribution in [0.5, 0.6) is 5.75 Å². The largest absolute Gasteiger partial charge is 0.489 e. The maximum Gasteiger partial charge on any atom is 0.226 e. The Morgan fingerprint density at radius 3 is 2.31 bits per heavy atom. The minimum absolute atomic E-state index is 0.00481. The smallest absolute Gasteiger partial charge is 0.226 e. The van der Waals surface area contributed by atoms with E-state index in [2.05, 4.69) is 43.0 Å². The lowest BCUT2D eigenvalue weighted by atomic mass is 9.99. The SMILES string of the molecule is CC(C)CCN(c1ccc(OCc2ccccc2)cc1)C1CCN(C(=O)[CH]CC(C)C(N)=O)CC1. The van der Waals surface area contributed by atoms with E-state index >= 15 is 0 Å². The van der Waals surface area contributed by atoms with Crippen molar-refractivity contribution in [2.24, 2.45) is 17.6 Å². The number of nitrogens with two attached hydrogens (primary N) is 1. The summed E-state index contributed by atoms with van der Waals surface area (Å²) >= 11 is 0. The first-order chi connectivity index (χ1) is 16.8. The standard InChI is InChI=1S/C29H40N3O3/c1-22(2)15-20-32(25-10-12-27(13-11-25)35-21-24-7-5-4-6-8-24)26-16-18-31(19-17-26)28(33)14-9-23(3)29(30)34/h4-8,10-14,22-23,26H,9,15-21H2,1-3H3,(H2,30,34). The van der Waals surface area contributed by atoms with Crippen molar-refractivity contribution in [3.63, 3.8) is 0 Å². The molecule has 1 fully saturated rings. The highest BCUT2D eigenvalue weighted by atomic mass is 16.5. The van der Waals surface area contributed by atoms with Crippen molar-refractivity contribution in [2.45, 2.75) is 59.1 Å². The highest BCUT2D eigenvalue weighted by Crippen LogP contribution is 2.27. The summed E-state index contributed by atoms with van der Waals surface area (Å²) in [5, 5.41) is 0. The number of ether oxygens (including phenoxy) is 1. The van der Waals surface area contributed by atoms with E-state index in [0.717, 1.165) is 50.2 Å². The van der Waals surface area contributed by atoms with Crippen molar-refractivity contribution in [3.05, 3.63) is 66.6 Å². The summed E-state index contributed by atoms with van der Waals surface area (Å²) < 4.78 is 5.97. The molecule has 1 radical (unpaired) electrons. The van der Waals surface area contributed by atoms with E-state index in [0.29, 0.717) is 25.0 Å². The van der Waals surface area contributed by atoms with Gasteiger partial charge >= 0.3 is 0 Å². The minimum Gasteiger partial charge on any atom is -0.489 e. The van der Waals surface area contributed by atoms with Crippen LogP contribution < -0.4 is 15.4 Å². The second-order valence-corrected chi connectivity index (χ2v) is 9.94. The van der Waals surface area contributed by atoms with Gasteiger partial charge in [-0.25, -0.2) is 0 Å². The minimum atomic E-state index is -0.370. The normalized spacial score (nSPS) is 15.1. The number of nitrogens with zero attached hydrogens (tertiary/aromatic N) is 2. The lowest BCUT2D eigenvalue weighted by Gasteiger charge is -2.40. The van der Waals surface area contributed by atoms with Gasteiger partial charge in [0.05, 0.1) is 6.42 Å². The predicted molar refractivity (Wildman–Crippen MR) is 141 cm³/mol. The Bertz CT molecular complexity index is 922. The Morgan fingerprint density at radius 1 is 1.06 bits per heavy atom. The summed E-state index contributed by atoms with van der Waals surface area (Å²) in [7, 11) is 0. The van der Waals surface area contributed by atoms with E-state index in [1.54, 1.807) is 13.3 Å². The van der Waals surface area contributed by atoms with Crippen LogP contribution in [0.4, 0.5) is 5.69 Å². The van der Waals surface area contributed by atoms with Gasteiger partial charge in [-0.2, -0.15) is 0 Å². The molecule has 6 nitrogen and oxygen atoms in total. The molecule has 1 atom stereocenters. The molecule has 0 bridgehead atoms. The predicted octanol–water partition coefficient (Wildman–Crippen LogP) is 4.82. The monoisotopic (exact) mass is 478 g/mol. The molecule has 189 valence electrons. The number of amides is 2. The van der Waals surface area contributed by atoms with E-state index in [9.17, 15) is 9.59 Å². The number of rotatable bonds is 12. The summed E-state index contributed by atoms with van der Waals surface area (Å²) in [6.07, 6.45) is 4.97. The molecule has 0 aromatic heterocycles. The third kappa shape index (κ3) is 8.30. The van der Waals surface area contributed by atoms with Crippen molar-refractivity contribution in [1.82, 2.24) is 4.90 Å². The number of carbonyl (C=O) groups excluding carboxylic acids is 2. The molecule has 0 aliphatic carbocycles. The molecule has 1 aliphatic heterocycles. The van der Waals surface area contributed by atoms with Gasteiger partial charge in [0.1, 0.15) is 12.4 Å². The fraction of sp³-hybridized carbons (Fsp3) is 0.483. The molecule has 35 heavy (non-hydrogen) atoms. The molecule has 3 rings (SSSR count). The van der Waals surface area contributed by atoms with Crippen LogP contribution in [0, 0.1) is 18.3 Å². The zero-order valence-electron chi connectivity index (χ0n) is 21.4. The quantitative estimate of drug-likeness (QED) is 0.474. The van der Waals surface area contributed by atoms with E-state index < -0.39 is 0 Å². The van der Waals surface area contributed by atoms with E-state index in [-0.39, 0.29) is 17.7 Å². The van der Waals surface area contributed by atoms with Gasteiger partial charge in [-0.3, -0.25) is 9.59 Å². The van der Waals surface area contributed by atoms with Gasteiger partial charge < -0.3 is 20.3 Å². The van der Waals surface area contributed by atoms with Crippen molar-refractivity contribution in [2.75, 3.05) is 24.5 Å². The Kier molecular flexibility index (Phi) is 10.0. The third-order valence-electron chi connectivity index (χ3n) is 6.71. The van der Waals surface area contributed by atoms with Gasteiger partial charge in [0.15, 0.2) is 0 Å². The van der Waals surface area contributed by atoms with Crippen LogP contribution in [-0.4, -0.2) is 42.4 Å². The third-order valence-corrected chi connectivity index (χ3v) is 6.71. The van der Waals surface area contributed by atoms with E-state index in [1.807, 2.05) is 35.2 Å². The summed E-state index contributed by atoms with van der Waals surface area (Å²) in [6, 6.07) is 19.0. The van der Waals surface area contributed by atoms with Gasteiger partial charge in [0.2, 0.25) is 11.8 Å². The van der Waals surface area contributed by atoms with Crippen LogP contribution in [0.2, 0.25) is 0 Å². The van der Waals surface area contributed by atoms with Crippen LogP contribution in [0.15, 0.2) is 54.6 Å². The second kappa shape index (κ2) is 13.2. The summed E-state index contributed by atoms with van der Waals surface area (Å²) in [5.74, 6) is 0.801. The lowest BCUT2D eigenvalue weighted by Crippen LogP contribution is -2.47. The number of piperidine rings is 1. The Labute approximate surface area is 210 Å².